The summed E-state index contributed by atoms with van der Waals surface area (Å²) in [5, 5.41) is 0. The molecule has 0 saturated carbocycles. The van der Waals surface area contributed by atoms with Crippen LogP contribution in [0, 0.1) is 5.41 Å². The van der Waals surface area contributed by atoms with Gasteiger partial charge < -0.3 is 23.8 Å². The van der Waals surface area contributed by atoms with Crippen LogP contribution in [0.25, 0.3) is 0 Å². The molecule has 1 atom stereocenters. The Morgan fingerprint density at radius 3 is 2.30 bits per heavy atom. The maximum atomic E-state index is 13.1. The molecule has 3 saturated heterocycles. The van der Waals surface area contributed by atoms with Crippen LogP contribution in [0.4, 0.5) is 0 Å². The van der Waals surface area contributed by atoms with Crippen LogP contribution < -0.4 is 9.47 Å². The second-order valence-corrected chi connectivity index (χ2v) is 9.35. The maximum Gasteiger partial charge on any atom is 0.254 e. The topological polar surface area (TPSA) is 60.5 Å². The van der Waals surface area contributed by atoms with Gasteiger partial charge in [-0.3, -0.25) is 9.69 Å². The third kappa shape index (κ3) is 4.29. The van der Waals surface area contributed by atoms with E-state index in [-0.39, 0.29) is 23.0 Å². The first kappa shape index (κ1) is 21.4. The number of rotatable bonds is 6. The summed E-state index contributed by atoms with van der Waals surface area (Å²) in [5.41, 5.74) is 0.829. The van der Waals surface area contributed by atoms with E-state index in [1.165, 1.54) is 0 Å². The van der Waals surface area contributed by atoms with Gasteiger partial charge in [0.2, 0.25) is 0 Å². The van der Waals surface area contributed by atoms with Crippen LogP contribution in [-0.2, 0) is 9.47 Å². The largest absolute Gasteiger partial charge is 0.497 e. The highest BCUT2D eigenvalue weighted by molar-refractivity contribution is 5.95. The van der Waals surface area contributed by atoms with Gasteiger partial charge in [-0.15, -0.1) is 0 Å². The summed E-state index contributed by atoms with van der Waals surface area (Å²) in [4.78, 5) is 17.4. The van der Waals surface area contributed by atoms with Gasteiger partial charge in [0, 0.05) is 51.5 Å². The molecule has 1 spiro atoms. The molecule has 3 aliphatic rings. The number of ether oxygens (including phenoxy) is 4. The van der Waals surface area contributed by atoms with E-state index in [1.807, 2.05) is 4.90 Å². The van der Waals surface area contributed by atoms with Crippen LogP contribution in [0.1, 0.15) is 36.5 Å². The van der Waals surface area contributed by atoms with Gasteiger partial charge in [0.15, 0.2) is 0 Å². The van der Waals surface area contributed by atoms with Gasteiger partial charge in [0.05, 0.1) is 32.5 Å². The van der Waals surface area contributed by atoms with Crippen LogP contribution in [-0.4, -0.2) is 88.1 Å². The van der Waals surface area contributed by atoms with Crippen LogP contribution >= 0.6 is 0 Å². The monoisotopic (exact) mass is 418 g/mol. The van der Waals surface area contributed by atoms with Crippen LogP contribution in [0.2, 0.25) is 0 Å². The number of likely N-dealkylation sites (tertiary alicyclic amines) is 2. The summed E-state index contributed by atoms with van der Waals surface area (Å²) in [6.45, 7) is 7.42. The molecule has 0 N–H and O–H groups in total. The second-order valence-electron chi connectivity index (χ2n) is 9.35. The Morgan fingerprint density at radius 2 is 1.73 bits per heavy atom. The van der Waals surface area contributed by atoms with Gasteiger partial charge in [0.1, 0.15) is 11.5 Å². The van der Waals surface area contributed by atoms with Crippen molar-refractivity contribution in [3.63, 3.8) is 0 Å². The highest BCUT2D eigenvalue weighted by Gasteiger charge is 2.46. The van der Waals surface area contributed by atoms with E-state index in [1.54, 1.807) is 39.5 Å². The molecule has 7 heteroatoms. The lowest BCUT2D eigenvalue weighted by molar-refractivity contribution is -0.120. The van der Waals surface area contributed by atoms with Crippen molar-refractivity contribution in [1.29, 1.82) is 0 Å². The van der Waals surface area contributed by atoms with Crippen molar-refractivity contribution in [2.45, 2.75) is 37.9 Å². The molecule has 3 heterocycles. The number of carbonyl (C=O) groups excluding carboxylic acids is 1. The molecule has 1 aromatic carbocycles. The van der Waals surface area contributed by atoms with Crippen molar-refractivity contribution in [1.82, 2.24) is 9.80 Å². The fraction of sp³-hybridized carbons (Fsp3) is 0.696. The summed E-state index contributed by atoms with van der Waals surface area (Å²) < 4.78 is 22.3. The fourth-order valence-electron chi connectivity index (χ4n) is 5.10. The van der Waals surface area contributed by atoms with E-state index in [2.05, 4.69) is 11.8 Å². The summed E-state index contributed by atoms with van der Waals surface area (Å²) in [6.07, 6.45) is 3.36. The molecule has 1 amide bonds. The van der Waals surface area contributed by atoms with E-state index >= 15 is 0 Å². The van der Waals surface area contributed by atoms with Gasteiger partial charge in [-0.2, -0.15) is 0 Å². The van der Waals surface area contributed by atoms with E-state index in [0.29, 0.717) is 17.1 Å². The number of piperidine rings is 1. The smallest absolute Gasteiger partial charge is 0.254 e. The first-order valence-corrected chi connectivity index (χ1v) is 10.8. The molecule has 0 radical (unpaired) electrons. The number of benzene rings is 1. The van der Waals surface area contributed by atoms with Gasteiger partial charge in [-0.25, -0.2) is 0 Å². The average molecular weight is 419 g/mol. The molecule has 4 rings (SSSR count). The molecule has 166 valence electrons. The van der Waals surface area contributed by atoms with E-state index in [9.17, 15) is 4.79 Å². The van der Waals surface area contributed by atoms with Gasteiger partial charge >= 0.3 is 0 Å². The van der Waals surface area contributed by atoms with Crippen LogP contribution in [0.5, 0.6) is 11.5 Å². The number of methoxy groups -OCH3 is 3. The number of amides is 1. The third-order valence-electron chi connectivity index (χ3n) is 7.07. The number of hydrogen-bond acceptors (Lipinski definition) is 6. The zero-order valence-corrected chi connectivity index (χ0v) is 18.6. The summed E-state index contributed by atoms with van der Waals surface area (Å²) in [5.74, 6) is 1.31. The standard InChI is InChI=1S/C23H34N2O5/c1-22(29-4)14-24(15-22)13-20-12-23(16-30-20)5-7-25(8-6-23)21(26)17-9-18(27-2)11-19(10-17)28-3/h9-11,20H,5-8,12-16H2,1-4H3/t20-/m0/s1. The predicted octanol–water partition coefficient (Wildman–Crippen LogP) is 2.44. The third-order valence-corrected chi connectivity index (χ3v) is 7.07. The minimum absolute atomic E-state index is 0.00476. The zero-order chi connectivity index (χ0) is 21.4. The Hall–Kier alpha value is -1.83. The number of nitrogens with zero attached hydrogens (tertiary/aromatic N) is 2. The lowest BCUT2D eigenvalue weighted by atomic mass is 9.76. The van der Waals surface area contributed by atoms with Crippen molar-refractivity contribution < 1.29 is 23.7 Å². The van der Waals surface area contributed by atoms with Gasteiger partial charge in [0.25, 0.3) is 5.91 Å². The first-order chi connectivity index (χ1) is 14.4. The average Bonchev–Trinajstić information content (AvgIpc) is 3.14. The Morgan fingerprint density at radius 1 is 1.10 bits per heavy atom. The highest BCUT2D eigenvalue weighted by atomic mass is 16.5. The predicted molar refractivity (Wildman–Crippen MR) is 113 cm³/mol. The zero-order valence-electron chi connectivity index (χ0n) is 18.6. The molecule has 0 unspecified atom stereocenters. The van der Waals surface area contributed by atoms with E-state index in [0.717, 1.165) is 58.6 Å². The first-order valence-electron chi connectivity index (χ1n) is 10.8. The van der Waals surface area contributed by atoms with E-state index in [4.69, 9.17) is 18.9 Å². The van der Waals surface area contributed by atoms with Crippen molar-refractivity contribution in [2.24, 2.45) is 5.41 Å². The summed E-state index contributed by atoms with van der Waals surface area (Å²) >= 11 is 0. The maximum absolute atomic E-state index is 13.1. The number of hydrogen-bond donors (Lipinski definition) is 0. The lowest BCUT2D eigenvalue weighted by Crippen LogP contribution is -2.62. The Balaban J connectivity index is 1.30. The van der Waals surface area contributed by atoms with Crippen LogP contribution in [0.15, 0.2) is 18.2 Å². The molecule has 7 nitrogen and oxygen atoms in total. The SMILES string of the molecule is COc1cc(OC)cc(C(=O)N2CCC3(CC2)CO[C@H](CN2CC(C)(OC)C2)C3)c1. The molecule has 3 fully saturated rings. The van der Waals surface area contributed by atoms with Crippen LogP contribution in [0.3, 0.4) is 0 Å². The fourth-order valence-corrected chi connectivity index (χ4v) is 5.10. The Kier molecular flexibility index (Phi) is 5.97. The normalized spacial score (nSPS) is 25.2. The molecule has 1 aromatic rings. The van der Waals surface area contributed by atoms with Gasteiger partial charge in [-0.1, -0.05) is 0 Å². The molecule has 0 aliphatic carbocycles. The van der Waals surface area contributed by atoms with Crippen molar-refractivity contribution in [3.8, 4) is 11.5 Å². The molecule has 30 heavy (non-hydrogen) atoms. The van der Waals surface area contributed by atoms with Crippen molar-refractivity contribution >= 4 is 5.91 Å². The quantitative estimate of drug-likeness (QED) is 0.707. The molecular weight excluding hydrogens is 384 g/mol. The minimum Gasteiger partial charge on any atom is -0.497 e. The number of carbonyl (C=O) groups is 1. The van der Waals surface area contributed by atoms with E-state index < -0.39 is 0 Å². The lowest BCUT2D eigenvalue weighted by Gasteiger charge is -2.47. The summed E-state index contributed by atoms with van der Waals surface area (Å²) in [7, 11) is 4.98. The second kappa shape index (κ2) is 8.36. The minimum atomic E-state index is 0.00476. The van der Waals surface area contributed by atoms with Gasteiger partial charge in [-0.05, 0) is 43.7 Å². The Bertz CT molecular complexity index is 747. The van der Waals surface area contributed by atoms with Crippen molar-refractivity contribution in [2.75, 3.05) is 60.7 Å². The van der Waals surface area contributed by atoms with Crippen molar-refractivity contribution in [3.05, 3.63) is 23.8 Å². The molecular formula is C23H34N2O5. The molecule has 0 bridgehead atoms. The summed E-state index contributed by atoms with van der Waals surface area (Å²) in [6, 6.07) is 5.35. The Labute approximate surface area is 179 Å². The highest BCUT2D eigenvalue weighted by Crippen LogP contribution is 2.43. The molecule has 3 aliphatic heterocycles. The molecule has 0 aromatic heterocycles.